The second-order valence-corrected chi connectivity index (χ2v) is 6.09. The summed E-state index contributed by atoms with van der Waals surface area (Å²) in [7, 11) is 0. The summed E-state index contributed by atoms with van der Waals surface area (Å²) in [4.78, 5) is 12.5. The van der Waals surface area contributed by atoms with Crippen molar-refractivity contribution in [2.75, 3.05) is 5.32 Å². The second-order valence-electron chi connectivity index (χ2n) is 6.09. The molecule has 0 fully saturated rings. The molecule has 0 aliphatic rings. The number of amides is 1. The third-order valence-electron chi connectivity index (χ3n) is 3.92. The number of ether oxygens (including phenoxy) is 1. The van der Waals surface area contributed by atoms with Gasteiger partial charge in [0.05, 0.1) is 0 Å². The lowest BCUT2D eigenvalue weighted by Crippen LogP contribution is -2.32. The van der Waals surface area contributed by atoms with Crippen LogP contribution in [0.3, 0.4) is 0 Å². The quantitative estimate of drug-likeness (QED) is 0.868. The molecule has 3 nitrogen and oxygen atoms in total. The lowest BCUT2D eigenvalue weighted by atomic mass is 10.1. The first-order valence-corrected chi connectivity index (χ1v) is 8.02. The van der Waals surface area contributed by atoms with Crippen LogP contribution in [0, 0.1) is 27.7 Å². The Kier molecular flexibility index (Phi) is 5.43. The van der Waals surface area contributed by atoms with Gasteiger partial charge in [0.15, 0.2) is 6.10 Å². The van der Waals surface area contributed by atoms with Crippen molar-refractivity contribution in [3.05, 3.63) is 58.7 Å². The van der Waals surface area contributed by atoms with Gasteiger partial charge in [-0.1, -0.05) is 36.8 Å². The number of anilines is 1. The smallest absolute Gasteiger partial charge is 0.265 e. The molecule has 0 aliphatic carbocycles. The van der Waals surface area contributed by atoms with E-state index >= 15 is 0 Å². The van der Waals surface area contributed by atoms with Gasteiger partial charge in [0.25, 0.3) is 5.91 Å². The normalized spacial score (nSPS) is 11.9. The monoisotopic (exact) mass is 311 g/mol. The molecular formula is C20H25NO2. The van der Waals surface area contributed by atoms with Gasteiger partial charge in [0, 0.05) is 5.69 Å². The fraction of sp³-hybridized carbons (Fsp3) is 0.350. The summed E-state index contributed by atoms with van der Waals surface area (Å²) in [6, 6.07) is 12.0. The number of benzene rings is 2. The van der Waals surface area contributed by atoms with Crippen LogP contribution in [0.25, 0.3) is 0 Å². The zero-order valence-corrected chi connectivity index (χ0v) is 14.6. The van der Waals surface area contributed by atoms with Crippen molar-refractivity contribution in [2.45, 2.75) is 47.1 Å². The van der Waals surface area contributed by atoms with E-state index in [0.29, 0.717) is 6.42 Å². The summed E-state index contributed by atoms with van der Waals surface area (Å²) < 4.78 is 5.96. The zero-order valence-electron chi connectivity index (χ0n) is 14.6. The first kappa shape index (κ1) is 17.1. The third-order valence-corrected chi connectivity index (χ3v) is 3.92. The minimum atomic E-state index is -0.504. The summed E-state index contributed by atoms with van der Waals surface area (Å²) in [5.41, 5.74) is 5.23. The van der Waals surface area contributed by atoms with Crippen LogP contribution < -0.4 is 10.1 Å². The van der Waals surface area contributed by atoms with Gasteiger partial charge in [-0.05, 0) is 62.9 Å². The SMILES string of the molecule is CCC(Oc1cc(C)ccc1C)C(=O)Nc1ccc(C)cc1C. The summed E-state index contributed by atoms with van der Waals surface area (Å²) in [5.74, 6) is 0.660. The van der Waals surface area contributed by atoms with Crippen LogP contribution >= 0.6 is 0 Å². The molecule has 1 atom stereocenters. The summed E-state index contributed by atoms with van der Waals surface area (Å²) in [6.45, 7) is 10.00. The molecule has 1 amide bonds. The highest BCUT2D eigenvalue weighted by atomic mass is 16.5. The lowest BCUT2D eigenvalue weighted by molar-refractivity contribution is -0.122. The zero-order chi connectivity index (χ0) is 17.0. The number of aryl methyl sites for hydroxylation is 4. The van der Waals surface area contributed by atoms with Gasteiger partial charge < -0.3 is 10.1 Å². The highest BCUT2D eigenvalue weighted by Crippen LogP contribution is 2.22. The molecule has 1 N–H and O–H groups in total. The van der Waals surface area contributed by atoms with E-state index in [2.05, 4.69) is 11.4 Å². The predicted octanol–water partition coefficient (Wildman–Crippen LogP) is 4.72. The number of hydrogen-bond acceptors (Lipinski definition) is 2. The van der Waals surface area contributed by atoms with Crippen LogP contribution in [0.15, 0.2) is 36.4 Å². The molecule has 1 unspecified atom stereocenters. The van der Waals surface area contributed by atoms with Crippen LogP contribution in [-0.4, -0.2) is 12.0 Å². The Balaban J connectivity index is 2.13. The van der Waals surface area contributed by atoms with E-state index in [1.807, 2.05) is 65.0 Å². The minimum absolute atomic E-state index is 0.111. The van der Waals surface area contributed by atoms with Crippen molar-refractivity contribution >= 4 is 11.6 Å². The van der Waals surface area contributed by atoms with Crippen molar-refractivity contribution in [3.8, 4) is 5.75 Å². The molecule has 0 saturated heterocycles. The molecular weight excluding hydrogens is 286 g/mol. The van der Waals surface area contributed by atoms with Crippen molar-refractivity contribution in [2.24, 2.45) is 0 Å². The maximum absolute atomic E-state index is 12.5. The Labute approximate surface area is 138 Å². The molecule has 23 heavy (non-hydrogen) atoms. The summed E-state index contributed by atoms with van der Waals surface area (Å²) >= 11 is 0. The molecule has 2 rings (SSSR count). The van der Waals surface area contributed by atoms with E-state index in [0.717, 1.165) is 28.1 Å². The van der Waals surface area contributed by atoms with Gasteiger partial charge in [-0.2, -0.15) is 0 Å². The Hall–Kier alpha value is -2.29. The fourth-order valence-electron chi connectivity index (χ4n) is 2.48. The Morgan fingerprint density at radius 3 is 2.30 bits per heavy atom. The first-order chi connectivity index (χ1) is 10.9. The van der Waals surface area contributed by atoms with Crippen LogP contribution in [0.1, 0.15) is 35.6 Å². The van der Waals surface area contributed by atoms with Crippen LogP contribution in [0.4, 0.5) is 5.69 Å². The van der Waals surface area contributed by atoms with Gasteiger partial charge in [0.2, 0.25) is 0 Å². The van der Waals surface area contributed by atoms with Crippen LogP contribution in [0.5, 0.6) is 5.75 Å². The summed E-state index contributed by atoms with van der Waals surface area (Å²) in [6.07, 6.45) is 0.112. The summed E-state index contributed by atoms with van der Waals surface area (Å²) in [5, 5.41) is 2.98. The average Bonchev–Trinajstić information content (AvgIpc) is 2.50. The standard InChI is InChI=1S/C20H25NO2/c1-6-18(23-19-12-14(3)7-9-15(19)4)20(22)21-17-10-8-13(2)11-16(17)5/h7-12,18H,6H2,1-5H3,(H,21,22). The van der Waals surface area contributed by atoms with Crippen molar-refractivity contribution in [1.29, 1.82) is 0 Å². The van der Waals surface area contributed by atoms with Crippen LogP contribution in [0.2, 0.25) is 0 Å². The number of rotatable bonds is 5. The predicted molar refractivity (Wildman–Crippen MR) is 95.2 cm³/mol. The van der Waals surface area contributed by atoms with Gasteiger partial charge >= 0.3 is 0 Å². The topological polar surface area (TPSA) is 38.3 Å². The number of nitrogens with one attached hydrogen (secondary N) is 1. The van der Waals surface area contributed by atoms with Crippen molar-refractivity contribution in [1.82, 2.24) is 0 Å². The fourth-order valence-corrected chi connectivity index (χ4v) is 2.48. The van der Waals surface area contributed by atoms with Gasteiger partial charge in [-0.25, -0.2) is 0 Å². The number of carbonyl (C=O) groups excluding carboxylic acids is 1. The molecule has 3 heteroatoms. The number of carbonyl (C=O) groups is 1. The highest BCUT2D eigenvalue weighted by Gasteiger charge is 2.20. The van der Waals surface area contributed by atoms with Crippen molar-refractivity contribution in [3.63, 3.8) is 0 Å². The second kappa shape index (κ2) is 7.32. The molecule has 0 aliphatic heterocycles. The number of hydrogen-bond donors (Lipinski definition) is 1. The van der Waals surface area contributed by atoms with E-state index < -0.39 is 6.10 Å². The van der Waals surface area contributed by atoms with E-state index in [9.17, 15) is 4.79 Å². The van der Waals surface area contributed by atoms with Gasteiger partial charge in [0.1, 0.15) is 5.75 Å². The van der Waals surface area contributed by atoms with Crippen LogP contribution in [-0.2, 0) is 4.79 Å². The largest absolute Gasteiger partial charge is 0.480 e. The minimum Gasteiger partial charge on any atom is -0.480 e. The maximum Gasteiger partial charge on any atom is 0.265 e. The van der Waals surface area contributed by atoms with E-state index in [1.165, 1.54) is 5.56 Å². The molecule has 0 saturated carbocycles. The Bertz CT molecular complexity index is 707. The molecule has 0 radical (unpaired) electrons. The highest BCUT2D eigenvalue weighted by molar-refractivity contribution is 5.95. The Morgan fingerprint density at radius 2 is 1.65 bits per heavy atom. The van der Waals surface area contributed by atoms with E-state index in [4.69, 9.17) is 4.74 Å². The first-order valence-electron chi connectivity index (χ1n) is 8.02. The maximum atomic E-state index is 12.5. The molecule has 2 aromatic carbocycles. The average molecular weight is 311 g/mol. The van der Waals surface area contributed by atoms with E-state index in [-0.39, 0.29) is 5.91 Å². The molecule has 0 spiro atoms. The molecule has 0 aromatic heterocycles. The van der Waals surface area contributed by atoms with Crippen molar-refractivity contribution < 1.29 is 9.53 Å². The molecule has 122 valence electrons. The van der Waals surface area contributed by atoms with Gasteiger partial charge in [-0.15, -0.1) is 0 Å². The third kappa shape index (κ3) is 4.35. The Morgan fingerprint density at radius 1 is 1.00 bits per heavy atom. The lowest BCUT2D eigenvalue weighted by Gasteiger charge is -2.19. The van der Waals surface area contributed by atoms with E-state index in [1.54, 1.807) is 0 Å². The molecule has 0 heterocycles. The van der Waals surface area contributed by atoms with Gasteiger partial charge in [-0.3, -0.25) is 4.79 Å². The molecule has 0 bridgehead atoms. The molecule has 2 aromatic rings.